The van der Waals surface area contributed by atoms with Crippen LogP contribution in [0.1, 0.15) is 104 Å². The van der Waals surface area contributed by atoms with Crippen molar-refractivity contribution in [3.05, 3.63) is 0 Å². The number of alkyl halides is 1. The summed E-state index contributed by atoms with van der Waals surface area (Å²) >= 11 is 0. The Kier molecular flexibility index (Phi) is 17.7. The lowest BCUT2D eigenvalue weighted by molar-refractivity contribution is -0.302. The van der Waals surface area contributed by atoms with Gasteiger partial charge >= 0.3 is 0 Å². The molecule has 1 fully saturated rings. The van der Waals surface area contributed by atoms with E-state index in [0.29, 0.717) is 6.42 Å². The highest BCUT2D eigenvalue weighted by atomic mass is 19.1. The van der Waals surface area contributed by atoms with Gasteiger partial charge in [0.05, 0.1) is 19.3 Å². The fraction of sp³-hybridized carbons (Fsp3) is 0.962. The van der Waals surface area contributed by atoms with Gasteiger partial charge in [-0.2, -0.15) is 0 Å². The van der Waals surface area contributed by atoms with Crippen LogP contribution in [0, 0.1) is 0 Å². The molecule has 1 aliphatic rings. The fourth-order valence-electron chi connectivity index (χ4n) is 4.33. The summed E-state index contributed by atoms with van der Waals surface area (Å²) in [5.41, 5.74) is 0. The van der Waals surface area contributed by atoms with E-state index in [9.17, 15) is 29.6 Å². The molecule has 8 nitrogen and oxygen atoms in total. The van der Waals surface area contributed by atoms with Crippen LogP contribution in [0.3, 0.4) is 0 Å². The third-order valence-corrected chi connectivity index (χ3v) is 6.73. The largest absolute Gasteiger partial charge is 0.394 e. The first kappa shape index (κ1) is 32.2. The molecule has 0 bridgehead atoms. The molecule has 1 saturated heterocycles. The fourth-order valence-corrected chi connectivity index (χ4v) is 4.33. The van der Waals surface area contributed by atoms with E-state index >= 15 is 0 Å². The minimum absolute atomic E-state index is 0.196. The van der Waals surface area contributed by atoms with E-state index in [1.54, 1.807) is 6.92 Å². The smallest absolute Gasteiger partial charge is 0.220 e. The Hall–Kier alpha value is -0.840. The minimum atomic E-state index is -1.57. The number of aliphatic hydroxyl groups is 4. The van der Waals surface area contributed by atoms with Crippen molar-refractivity contribution < 1.29 is 39.1 Å². The molecule has 208 valence electrons. The standard InChI is InChI=1S/C26H50FNO7/c1-3-5-6-7-8-9-10-11-12-13-14-15-16-19(27)20(28-22(30)4-2)18-34-26-25(33)24(32)23(31)21(17-29)35-26/h19-21,23-26,29,31-33H,3-18H2,1-2H3,(H,28,30)/t19-,20+,21?,23+,24+,25?,26+/m1/s1. The van der Waals surface area contributed by atoms with Gasteiger partial charge in [0.1, 0.15) is 30.6 Å². The van der Waals surface area contributed by atoms with Crippen molar-refractivity contribution in [1.29, 1.82) is 0 Å². The van der Waals surface area contributed by atoms with Gasteiger partial charge in [-0.05, 0) is 6.42 Å². The Morgan fingerprint density at radius 3 is 1.94 bits per heavy atom. The van der Waals surface area contributed by atoms with Gasteiger partial charge < -0.3 is 35.2 Å². The van der Waals surface area contributed by atoms with Gasteiger partial charge in [-0.15, -0.1) is 0 Å². The Morgan fingerprint density at radius 1 is 0.886 bits per heavy atom. The van der Waals surface area contributed by atoms with Crippen molar-refractivity contribution in [2.45, 2.75) is 147 Å². The molecule has 7 atom stereocenters. The molecule has 5 N–H and O–H groups in total. The van der Waals surface area contributed by atoms with Gasteiger partial charge in [0.15, 0.2) is 6.29 Å². The third kappa shape index (κ3) is 12.8. The maximum atomic E-state index is 15.0. The Balaban J connectivity index is 2.33. The topological polar surface area (TPSA) is 128 Å². The van der Waals surface area contributed by atoms with Crippen LogP contribution in [0.4, 0.5) is 4.39 Å². The predicted octanol–water partition coefficient (Wildman–Crippen LogP) is 3.13. The second kappa shape index (κ2) is 19.3. The Morgan fingerprint density at radius 2 is 1.43 bits per heavy atom. The van der Waals surface area contributed by atoms with Crippen LogP contribution >= 0.6 is 0 Å². The molecule has 2 unspecified atom stereocenters. The lowest BCUT2D eigenvalue weighted by Gasteiger charge is -2.40. The number of nitrogens with one attached hydrogen (secondary N) is 1. The maximum absolute atomic E-state index is 15.0. The number of unbranched alkanes of at least 4 members (excludes halogenated alkanes) is 11. The van der Waals surface area contributed by atoms with E-state index in [2.05, 4.69) is 12.2 Å². The summed E-state index contributed by atoms with van der Waals surface area (Å²) in [7, 11) is 0. The van der Waals surface area contributed by atoms with Crippen LogP contribution in [-0.4, -0.2) is 82.5 Å². The number of hydrogen-bond donors (Lipinski definition) is 5. The van der Waals surface area contributed by atoms with E-state index in [1.165, 1.54) is 51.4 Å². The van der Waals surface area contributed by atoms with E-state index < -0.39 is 49.5 Å². The predicted molar refractivity (Wildman–Crippen MR) is 133 cm³/mol. The van der Waals surface area contributed by atoms with Crippen LogP contribution in [0.25, 0.3) is 0 Å². The number of halogens is 1. The molecule has 0 spiro atoms. The zero-order chi connectivity index (χ0) is 26.1. The maximum Gasteiger partial charge on any atom is 0.220 e. The van der Waals surface area contributed by atoms with Gasteiger partial charge in [0.2, 0.25) is 5.91 Å². The number of amides is 1. The first-order valence-electron chi connectivity index (χ1n) is 13.7. The van der Waals surface area contributed by atoms with Crippen LogP contribution in [0.15, 0.2) is 0 Å². The molecular weight excluding hydrogens is 457 g/mol. The number of rotatable bonds is 20. The minimum Gasteiger partial charge on any atom is -0.394 e. The average Bonchev–Trinajstić information content (AvgIpc) is 2.86. The number of carbonyl (C=O) groups is 1. The molecule has 0 saturated carbocycles. The summed E-state index contributed by atoms with van der Waals surface area (Å²) in [5.74, 6) is -0.315. The third-order valence-electron chi connectivity index (χ3n) is 6.73. The lowest BCUT2D eigenvalue weighted by Crippen LogP contribution is -2.59. The second-order valence-corrected chi connectivity index (χ2v) is 9.75. The van der Waals surface area contributed by atoms with Crippen LogP contribution in [-0.2, 0) is 14.3 Å². The van der Waals surface area contributed by atoms with E-state index in [0.717, 1.165) is 19.3 Å². The highest BCUT2D eigenvalue weighted by Crippen LogP contribution is 2.23. The van der Waals surface area contributed by atoms with Crippen molar-refractivity contribution in [2.75, 3.05) is 13.2 Å². The highest BCUT2D eigenvalue weighted by molar-refractivity contribution is 5.75. The molecule has 0 aromatic carbocycles. The molecule has 0 aromatic heterocycles. The average molecular weight is 508 g/mol. The summed E-state index contributed by atoms with van der Waals surface area (Å²) in [4.78, 5) is 11.9. The second-order valence-electron chi connectivity index (χ2n) is 9.75. The molecule has 35 heavy (non-hydrogen) atoms. The first-order chi connectivity index (χ1) is 16.8. The van der Waals surface area contributed by atoms with Gasteiger partial charge in [0.25, 0.3) is 0 Å². The van der Waals surface area contributed by atoms with Gasteiger partial charge in [-0.25, -0.2) is 4.39 Å². The van der Waals surface area contributed by atoms with E-state index in [4.69, 9.17) is 9.47 Å². The molecule has 9 heteroatoms. The summed E-state index contributed by atoms with van der Waals surface area (Å²) in [6.07, 6.45) is 6.28. The Bertz CT molecular complexity index is 540. The first-order valence-corrected chi connectivity index (χ1v) is 13.7. The van der Waals surface area contributed by atoms with Crippen LogP contribution in [0.5, 0.6) is 0 Å². The monoisotopic (exact) mass is 507 g/mol. The van der Waals surface area contributed by atoms with Crippen molar-refractivity contribution >= 4 is 5.91 Å². The van der Waals surface area contributed by atoms with Gasteiger partial charge in [-0.3, -0.25) is 4.79 Å². The van der Waals surface area contributed by atoms with Gasteiger partial charge in [0, 0.05) is 6.42 Å². The van der Waals surface area contributed by atoms with Crippen molar-refractivity contribution in [3.63, 3.8) is 0 Å². The van der Waals surface area contributed by atoms with E-state index in [-0.39, 0.29) is 25.4 Å². The Labute approximate surface area is 210 Å². The van der Waals surface area contributed by atoms with Crippen molar-refractivity contribution in [1.82, 2.24) is 5.32 Å². The molecule has 1 aliphatic heterocycles. The highest BCUT2D eigenvalue weighted by Gasteiger charge is 2.44. The summed E-state index contributed by atoms with van der Waals surface area (Å²) < 4.78 is 25.8. The van der Waals surface area contributed by atoms with Crippen LogP contribution < -0.4 is 5.32 Å². The number of aliphatic hydroxyl groups excluding tert-OH is 4. The quantitative estimate of drug-likeness (QED) is 0.160. The van der Waals surface area contributed by atoms with Crippen molar-refractivity contribution in [2.24, 2.45) is 0 Å². The zero-order valence-corrected chi connectivity index (χ0v) is 21.7. The summed E-state index contributed by atoms with van der Waals surface area (Å²) in [6, 6.07) is -0.928. The number of carbonyl (C=O) groups excluding carboxylic acids is 1. The van der Waals surface area contributed by atoms with Gasteiger partial charge in [-0.1, -0.05) is 90.9 Å². The molecular formula is C26H50FNO7. The number of ether oxygens (including phenoxy) is 2. The lowest BCUT2D eigenvalue weighted by atomic mass is 9.99. The SMILES string of the molecule is CCCCCCCCCCCCCC[C@@H](F)[C@H](CO[C@H]1OC(CO)[C@H](O)[C@H](O)C1O)NC(=O)CC. The summed E-state index contributed by atoms with van der Waals surface area (Å²) in [6.45, 7) is 3.05. The molecule has 1 heterocycles. The van der Waals surface area contributed by atoms with Crippen LogP contribution in [0.2, 0.25) is 0 Å². The van der Waals surface area contributed by atoms with E-state index in [1.807, 2.05) is 0 Å². The molecule has 0 radical (unpaired) electrons. The molecule has 0 aromatic rings. The number of hydrogen-bond acceptors (Lipinski definition) is 7. The molecule has 1 rings (SSSR count). The molecule has 1 amide bonds. The zero-order valence-electron chi connectivity index (χ0n) is 21.7. The normalized spacial score (nSPS) is 26.4. The summed E-state index contributed by atoms with van der Waals surface area (Å²) in [5, 5.41) is 41.8. The molecule has 0 aliphatic carbocycles. The van der Waals surface area contributed by atoms with Crippen molar-refractivity contribution in [3.8, 4) is 0 Å².